The van der Waals surface area contributed by atoms with Gasteiger partial charge in [0.05, 0.1) is 26.1 Å². The maximum atomic E-state index is 12.0. The van der Waals surface area contributed by atoms with E-state index in [0.29, 0.717) is 0 Å². The summed E-state index contributed by atoms with van der Waals surface area (Å²) in [6.07, 6.45) is 0. The maximum Gasteiger partial charge on any atom is 0.322 e. The number of carboxylic acid groups (broad SMARTS) is 1. The van der Waals surface area contributed by atoms with Crippen molar-refractivity contribution in [2.24, 2.45) is 0 Å². The first-order valence-electron chi connectivity index (χ1n) is 4.70. The molecule has 18 heavy (non-hydrogen) atoms. The standard InChI is InChI=1S/C10H5Cl4NO3/c11-3-1-2(4(12)6(14)5(3)13)9(16)7-8(15-7)10(17)18/h1,7-8,15H,(H,17,18). The second-order valence-electron chi connectivity index (χ2n) is 3.67. The van der Waals surface area contributed by atoms with Crippen molar-refractivity contribution in [3.8, 4) is 0 Å². The number of carboxylic acids is 1. The Hall–Kier alpha value is -0.520. The van der Waals surface area contributed by atoms with Gasteiger partial charge in [0.2, 0.25) is 0 Å². The average molecular weight is 329 g/mol. The minimum atomic E-state index is -1.10. The van der Waals surface area contributed by atoms with E-state index in [4.69, 9.17) is 51.5 Å². The zero-order valence-corrected chi connectivity index (χ0v) is 11.5. The summed E-state index contributed by atoms with van der Waals surface area (Å²) in [6.45, 7) is 0. The van der Waals surface area contributed by atoms with E-state index in [-0.39, 0.29) is 25.7 Å². The molecule has 1 aliphatic heterocycles. The van der Waals surface area contributed by atoms with Crippen molar-refractivity contribution in [2.75, 3.05) is 0 Å². The molecule has 4 nitrogen and oxygen atoms in total. The number of ketones is 1. The fraction of sp³-hybridized carbons (Fsp3) is 0.200. The predicted octanol–water partition coefficient (Wildman–Crippen LogP) is 2.91. The summed E-state index contributed by atoms with van der Waals surface area (Å²) in [5.41, 5.74) is 0.0531. The number of carbonyl (C=O) groups is 2. The molecule has 1 heterocycles. The first-order valence-corrected chi connectivity index (χ1v) is 6.22. The molecule has 0 aliphatic carbocycles. The van der Waals surface area contributed by atoms with Crippen molar-refractivity contribution < 1.29 is 14.7 Å². The van der Waals surface area contributed by atoms with Crippen molar-refractivity contribution in [2.45, 2.75) is 12.1 Å². The zero-order valence-electron chi connectivity index (χ0n) is 8.51. The van der Waals surface area contributed by atoms with Gasteiger partial charge in [0.25, 0.3) is 0 Å². The topological polar surface area (TPSA) is 76.3 Å². The number of hydrogen-bond donors (Lipinski definition) is 2. The van der Waals surface area contributed by atoms with Gasteiger partial charge >= 0.3 is 5.97 Å². The highest BCUT2D eigenvalue weighted by molar-refractivity contribution is 6.52. The van der Waals surface area contributed by atoms with Crippen LogP contribution in [0, 0.1) is 0 Å². The summed E-state index contributed by atoms with van der Waals surface area (Å²) in [6, 6.07) is -0.436. The Bertz CT molecular complexity index is 561. The van der Waals surface area contributed by atoms with Gasteiger partial charge in [0.15, 0.2) is 5.78 Å². The molecule has 0 radical (unpaired) electrons. The van der Waals surface area contributed by atoms with Crippen molar-refractivity contribution in [3.63, 3.8) is 0 Å². The lowest BCUT2D eigenvalue weighted by Crippen LogP contribution is -2.16. The molecular weight excluding hydrogens is 324 g/mol. The van der Waals surface area contributed by atoms with Gasteiger partial charge in [-0.1, -0.05) is 46.4 Å². The van der Waals surface area contributed by atoms with Gasteiger partial charge in [-0.25, -0.2) is 0 Å². The SMILES string of the molecule is O=C(O)C1NC1C(=O)c1cc(Cl)c(Cl)c(Cl)c1Cl. The summed E-state index contributed by atoms with van der Waals surface area (Å²) in [7, 11) is 0. The molecule has 1 saturated heterocycles. The van der Waals surface area contributed by atoms with Crippen LogP contribution in [0.2, 0.25) is 20.1 Å². The molecule has 2 rings (SSSR count). The van der Waals surface area contributed by atoms with Crippen LogP contribution in [-0.4, -0.2) is 28.9 Å². The molecule has 2 atom stereocenters. The molecule has 0 spiro atoms. The van der Waals surface area contributed by atoms with E-state index in [1.54, 1.807) is 0 Å². The average Bonchev–Trinajstić information content (AvgIpc) is 3.10. The Morgan fingerprint density at radius 1 is 1.06 bits per heavy atom. The summed E-state index contributed by atoms with van der Waals surface area (Å²) in [5, 5.41) is 11.3. The maximum absolute atomic E-state index is 12.0. The molecule has 96 valence electrons. The molecule has 0 aromatic heterocycles. The van der Waals surface area contributed by atoms with Crippen molar-refractivity contribution in [1.82, 2.24) is 5.32 Å². The van der Waals surface area contributed by atoms with Gasteiger partial charge in [-0.3, -0.25) is 14.9 Å². The molecule has 1 fully saturated rings. The van der Waals surface area contributed by atoms with Gasteiger partial charge in [-0.05, 0) is 6.07 Å². The first-order chi connectivity index (χ1) is 8.34. The van der Waals surface area contributed by atoms with E-state index in [9.17, 15) is 9.59 Å². The van der Waals surface area contributed by atoms with Crippen LogP contribution in [0.15, 0.2) is 6.07 Å². The van der Waals surface area contributed by atoms with Crippen LogP contribution in [0.25, 0.3) is 0 Å². The second kappa shape index (κ2) is 4.87. The summed E-state index contributed by atoms with van der Waals surface area (Å²) < 4.78 is 0. The molecule has 0 amide bonds. The molecule has 1 aromatic carbocycles. The Balaban J connectivity index is 2.36. The number of carbonyl (C=O) groups excluding carboxylic acids is 1. The van der Waals surface area contributed by atoms with E-state index >= 15 is 0 Å². The van der Waals surface area contributed by atoms with Crippen LogP contribution in [-0.2, 0) is 4.79 Å². The Morgan fingerprint density at radius 2 is 1.67 bits per heavy atom. The molecule has 8 heteroatoms. The predicted molar refractivity (Wildman–Crippen MR) is 69.2 cm³/mol. The van der Waals surface area contributed by atoms with Crippen LogP contribution < -0.4 is 5.32 Å². The summed E-state index contributed by atoms with van der Waals surface area (Å²) >= 11 is 23.3. The number of Topliss-reactive ketones (excluding diaryl/α,β-unsaturated/α-hetero) is 1. The number of hydrogen-bond acceptors (Lipinski definition) is 3. The van der Waals surface area contributed by atoms with Gasteiger partial charge in [-0.2, -0.15) is 0 Å². The Morgan fingerprint density at radius 3 is 2.17 bits per heavy atom. The lowest BCUT2D eigenvalue weighted by atomic mass is 10.1. The molecule has 0 saturated carbocycles. The largest absolute Gasteiger partial charge is 0.480 e. The summed E-state index contributed by atoms with van der Waals surface area (Å²) in [4.78, 5) is 22.6. The fourth-order valence-electron chi connectivity index (χ4n) is 1.50. The van der Waals surface area contributed by atoms with E-state index in [0.717, 1.165) is 0 Å². The molecule has 2 unspecified atom stereocenters. The first kappa shape index (κ1) is 13.9. The lowest BCUT2D eigenvalue weighted by molar-refractivity contribution is -0.136. The van der Waals surface area contributed by atoms with E-state index < -0.39 is 23.8 Å². The third-order valence-corrected chi connectivity index (χ3v) is 4.25. The van der Waals surface area contributed by atoms with E-state index in [1.165, 1.54) is 6.07 Å². The highest BCUT2D eigenvalue weighted by atomic mass is 35.5. The van der Waals surface area contributed by atoms with Gasteiger partial charge in [0.1, 0.15) is 6.04 Å². The third kappa shape index (κ3) is 2.31. The highest BCUT2D eigenvalue weighted by Gasteiger charge is 2.48. The highest BCUT2D eigenvalue weighted by Crippen LogP contribution is 2.39. The summed E-state index contributed by atoms with van der Waals surface area (Å²) in [5.74, 6) is -1.58. The molecular formula is C10H5Cl4NO3. The molecule has 2 N–H and O–H groups in total. The van der Waals surface area contributed by atoms with Crippen LogP contribution >= 0.6 is 46.4 Å². The van der Waals surface area contributed by atoms with Crippen LogP contribution in [0.1, 0.15) is 10.4 Å². The normalized spacial score (nSPS) is 21.8. The smallest absolute Gasteiger partial charge is 0.322 e. The van der Waals surface area contributed by atoms with Crippen LogP contribution in [0.4, 0.5) is 0 Å². The number of rotatable bonds is 3. The van der Waals surface area contributed by atoms with Crippen LogP contribution in [0.5, 0.6) is 0 Å². The fourth-order valence-corrected chi connectivity index (χ4v) is 2.39. The third-order valence-electron chi connectivity index (χ3n) is 2.50. The number of benzene rings is 1. The van der Waals surface area contributed by atoms with E-state index in [2.05, 4.69) is 5.32 Å². The lowest BCUT2D eigenvalue weighted by Gasteiger charge is -2.07. The monoisotopic (exact) mass is 327 g/mol. The quantitative estimate of drug-likeness (QED) is 0.387. The van der Waals surface area contributed by atoms with Gasteiger partial charge in [0, 0.05) is 5.56 Å². The van der Waals surface area contributed by atoms with Crippen molar-refractivity contribution in [3.05, 3.63) is 31.7 Å². The number of aliphatic carboxylic acids is 1. The Kier molecular flexibility index (Phi) is 3.76. The van der Waals surface area contributed by atoms with Crippen LogP contribution in [0.3, 0.4) is 0 Å². The Labute approximate surface area is 122 Å². The molecule has 1 aromatic rings. The van der Waals surface area contributed by atoms with E-state index in [1.807, 2.05) is 0 Å². The number of halogens is 4. The van der Waals surface area contributed by atoms with Crippen molar-refractivity contribution in [1.29, 1.82) is 0 Å². The zero-order chi connectivity index (χ0) is 13.6. The van der Waals surface area contributed by atoms with Gasteiger partial charge in [-0.15, -0.1) is 0 Å². The minimum absolute atomic E-state index is 0.0262. The van der Waals surface area contributed by atoms with Gasteiger partial charge < -0.3 is 5.11 Å². The minimum Gasteiger partial charge on any atom is -0.480 e. The molecule has 1 aliphatic rings. The second-order valence-corrected chi connectivity index (χ2v) is 5.21. The number of nitrogens with one attached hydrogen (secondary N) is 1. The molecule has 0 bridgehead atoms. The van der Waals surface area contributed by atoms with Crippen molar-refractivity contribution >= 4 is 58.2 Å².